The van der Waals surface area contributed by atoms with Gasteiger partial charge in [0.15, 0.2) is 0 Å². The maximum Gasteiger partial charge on any atom is 0.0175 e. The van der Waals surface area contributed by atoms with Crippen LogP contribution in [-0.2, 0) is 5.41 Å². The van der Waals surface area contributed by atoms with Crippen LogP contribution < -0.4 is 0 Å². The molecule has 3 heteroatoms. The van der Waals surface area contributed by atoms with E-state index in [4.69, 9.17) is 0 Å². The summed E-state index contributed by atoms with van der Waals surface area (Å²) >= 11 is 10.8. The summed E-state index contributed by atoms with van der Waals surface area (Å²) in [5.74, 6) is 0. The molecular formula is C12H15Br3. The van der Waals surface area contributed by atoms with Crippen LogP contribution in [0.1, 0.15) is 25.3 Å². The summed E-state index contributed by atoms with van der Waals surface area (Å²) in [6.45, 7) is 2.24. The molecule has 0 N–H and O–H groups in total. The van der Waals surface area contributed by atoms with Crippen LogP contribution >= 0.6 is 47.8 Å². The second kappa shape index (κ2) is 6.41. The normalized spacial score (nSPS) is 11.7. The molecule has 0 aliphatic heterocycles. The molecule has 15 heavy (non-hydrogen) atoms. The molecule has 0 bridgehead atoms. The first-order valence-electron chi connectivity index (χ1n) is 5.06. The number of halogens is 3. The van der Waals surface area contributed by atoms with E-state index in [0.717, 1.165) is 15.1 Å². The average Bonchev–Trinajstić information content (AvgIpc) is 2.27. The van der Waals surface area contributed by atoms with Crippen molar-refractivity contribution in [1.82, 2.24) is 0 Å². The highest BCUT2D eigenvalue weighted by molar-refractivity contribution is 9.10. The van der Waals surface area contributed by atoms with E-state index in [1.54, 1.807) is 0 Å². The summed E-state index contributed by atoms with van der Waals surface area (Å²) in [4.78, 5) is 0. The van der Waals surface area contributed by atoms with Crippen LogP contribution in [0.3, 0.4) is 0 Å². The second-order valence-corrected chi connectivity index (χ2v) is 5.84. The molecule has 0 nitrogen and oxygen atoms in total. The predicted octanol–water partition coefficient (Wildman–Crippen LogP) is 5.28. The predicted molar refractivity (Wildman–Crippen MR) is 78.3 cm³/mol. The van der Waals surface area contributed by atoms with Crippen molar-refractivity contribution in [3.05, 3.63) is 34.3 Å². The van der Waals surface area contributed by atoms with E-state index in [2.05, 4.69) is 79.0 Å². The van der Waals surface area contributed by atoms with Crippen molar-refractivity contribution in [1.29, 1.82) is 0 Å². The van der Waals surface area contributed by atoms with Gasteiger partial charge in [-0.05, 0) is 24.1 Å². The van der Waals surface area contributed by atoms with Gasteiger partial charge in [0.1, 0.15) is 0 Å². The number of hydrogen-bond donors (Lipinski definition) is 0. The molecule has 1 aromatic rings. The Kier molecular flexibility index (Phi) is 5.86. The van der Waals surface area contributed by atoms with Crippen molar-refractivity contribution < 1.29 is 0 Å². The van der Waals surface area contributed by atoms with E-state index < -0.39 is 0 Å². The molecule has 0 fully saturated rings. The molecular weight excluding hydrogens is 384 g/mol. The summed E-state index contributed by atoms with van der Waals surface area (Å²) in [6.07, 6.45) is 2.40. The lowest BCUT2D eigenvalue weighted by Crippen LogP contribution is -2.29. The quantitative estimate of drug-likeness (QED) is 0.592. The van der Waals surface area contributed by atoms with E-state index in [-0.39, 0.29) is 5.41 Å². The number of rotatable bonds is 5. The van der Waals surface area contributed by atoms with Crippen LogP contribution in [0.25, 0.3) is 0 Å². The minimum atomic E-state index is 0.232. The zero-order valence-corrected chi connectivity index (χ0v) is 13.5. The van der Waals surface area contributed by atoms with Crippen LogP contribution in [0.15, 0.2) is 28.7 Å². The Bertz CT molecular complexity index is 288. The summed E-state index contributed by atoms with van der Waals surface area (Å²) in [5.41, 5.74) is 1.64. The first kappa shape index (κ1) is 13.7. The Morgan fingerprint density at radius 2 is 1.60 bits per heavy atom. The minimum absolute atomic E-state index is 0.232. The highest BCUT2D eigenvalue weighted by atomic mass is 79.9. The van der Waals surface area contributed by atoms with Crippen molar-refractivity contribution in [2.24, 2.45) is 0 Å². The van der Waals surface area contributed by atoms with E-state index in [1.807, 2.05) is 0 Å². The summed E-state index contributed by atoms with van der Waals surface area (Å²) < 4.78 is 1.14. The summed E-state index contributed by atoms with van der Waals surface area (Å²) in [5, 5.41) is 2.00. The van der Waals surface area contributed by atoms with Gasteiger partial charge >= 0.3 is 0 Å². The number of hydrogen-bond acceptors (Lipinski definition) is 0. The molecule has 0 amide bonds. The highest BCUT2D eigenvalue weighted by Crippen LogP contribution is 2.34. The van der Waals surface area contributed by atoms with Crippen molar-refractivity contribution in [3.63, 3.8) is 0 Å². The van der Waals surface area contributed by atoms with E-state index in [1.165, 1.54) is 18.4 Å². The molecule has 0 unspecified atom stereocenters. The molecule has 0 aliphatic rings. The maximum absolute atomic E-state index is 3.65. The molecule has 0 aliphatic carbocycles. The molecule has 1 rings (SSSR count). The third kappa shape index (κ3) is 3.31. The monoisotopic (exact) mass is 396 g/mol. The smallest absolute Gasteiger partial charge is 0.0175 e. The molecule has 0 aromatic heterocycles. The fraction of sp³-hybridized carbons (Fsp3) is 0.500. The average molecular weight is 399 g/mol. The van der Waals surface area contributed by atoms with Gasteiger partial charge in [-0.25, -0.2) is 0 Å². The SMILES string of the molecule is CCCC(CBr)(CBr)c1ccc(Br)cc1. The van der Waals surface area contributed by atoms with Crippen LogP contribution in [0.4, 0.5) is 0 Å². The minimum Gasteiger partial charge on any atom is -0.0918 e. The first-order chi connectivity index (χ1) is 7.18. The van der Waals surface area contributed by atoms with Crippen molar-refractivity contribution in [2.45, 2.75) is 25.2 Å². The Balaban J connectivity index is 3.02. The van der Waals surface area contributed by atoms with Gasteiger partial charge in [-0.15, -0.1) is 0 Å². The summed E-state index contributed by atoms with van der Waals surface area (Å²) in [7, 11) is 0. The standard InChI is InChI=1S/C12H15Br3/c1-2-7-12(8-13,9-14)10-3-5-11(15)6-4-10/h3-6H,2,7-9H2,1H3. The lowest BCUT2D eigenvalue weighted by Gasteiger charge is -2.30. The number of benzene rings is 1. The van der Waals surface area contributed by atoms with E-state index in [9.17, 15) is 0 Å². The Morgan fingerprint density at radius 3 is 2.00 bits per heavy atom. The summed E-state index contributed by atoms with van der Waals surface area (Å²) in [6, 6.07) is 8.65. The third-order valence-corrected chi connectivity index (χ3v) is 5.37. The van der Waals surface area contributed by atoms with Crippen molar-refractivity contribution >= 4 is 47.8 Å². The van der Waals surface area contributed by atoms with Crippen molar-refractivity contribution in [2.75, 3.05) is 10.7 Å². The van der Waals surface area contributed by atoms with E-state index in [0.29, 0.717) is 0 Å². The van der Waals surface area contributed by atoms with Gasteiger partial charge < -0.3 is 0 Å². The van der Waals surface area contributed by atoms with Gasteiger partial charge in [-0.1, -0.05) is 73.3 Å². The fourth-order valence-corrected chi connectivity index (χ4v) is 4.15. The van der Waals surface area contributed by atoms with Gasteiger partial charge in [-0.3, -0.25) is 0 Å². The molecule has 0 saturated heterocycles. The second-order valence-electron chi connectivity index (χ2n) is 3.80. The topological polar surface area (TPSA) is 0 Å². The molecule has 0 radical (unpaired) electrons. The first-order valence-corrected chi connectivity index (χ1v) is 8.10. The van der Waals surface area contributed by atoms with Crippen LogP contribution in [-0.4, -0.2) is 10.7 Å². The Hall–Kier alpha value is 0.660. The zero-order chi connectivity index (χ0) is 11.3. The van der Waals surface area contributed by atoms with Gasteiger partial charge in [0.05, 0.1) is 0 Å². The number of alkyl halides is 2. The largest absolute Gasteiger partial charge is 0.0918 e. The van der Waals surface area contributed by atoms with Gasteiger partial charge in [0, 0.05) is 20.5 Å². The molecule has 0 spiro atoms. The molecule has 84 valence electrons. The van der Waals surface area contributed by atoms with Gasteiger partial charge in [0.25, 0.3) is 0 Å². The van der Waals surface area contributed by atoms with E-state index >= 15 is 0 Å². The third-order valence-electron chi connectivity index (χ3n) is 2.70. The zero-order valence-electron chi connectivity index (χ0n) is 8.77. The molecule has 0 heterocycles. The molecule has 0 atom stereocenters. The lowest BCUT2D eigenvalue weighted by molar-refractivity contribution is 0.497. The Labute approximate surface area is 117 Å². The van der Waals surface area contributed by atoms with Crippen LogP contribution in [0.2, 0.25) is 0 Å². The van der Waals surface area contributed by atoms with Gasteiger partial charge in [0.2, 0.25) is 0 Å². The van der Waals surface area contributed by atoms with Gasteiger partial charge in [-0.2, -0.15) is 0 Å². The lowest BCUT2D eigenvalue weighted by atomic mass is 9.81. The van der Waals surface area contributed by atoms with Crippen LogP contribution in [0, 0.1) is 0 Å². The fourth-order valence-electron chi connectivity index (χ4n) is 1.75. The molecule has 1 aromatic carbocycles. The van der Waals surface area contributed by atoms with Crippen LogP contribution in [0.5, 0.6) is 0 Å². The highest BCUT2D eigenvalue weighted by Gasteiger charge is 2.28. The Morgan fingerprint density at radius 1 is 1.07 bits per heavy atom. The molecule has 0 saturated carbocycles. The van der Waals surface area contributed by atoms with Crippen molar-refractivity contribution in [3.8, 4) is 0 Å². The maximum atomic E-state index is 3.65.